The Balaban J connectivity index is 1.66. The minimum atomic E-state index is -1.00. The van der Waals surface area contributed by atoms with Gasteiger partial charge in [0, 0.05) is 41.3 Å². The van der Waals surface area contributed by atoms with Crippen molar-refractivity contribution in [2.45, 2.75) is 47.3 Å². The molecule has 260 valence electrons. The number of anilines is 1. The first-order chi connectivity index (χ1) is 23.9. The summed E-state index contributed by atoms with van der Waals surface area (Å²) in [6.07, 6.45) is 1.42. The highest BCUT2D eigenvalue weighted by Crippen LogP contribution is 2.39. The summed E-state index contributed by atoms with van der Waals surface area (Å²) >= 11 is 1.29. The third-order valence-corrected chi connectivity index (χ3v) is 9.68. The average Bonchev–Trinajstić information content (AvgIpc) is 3.47. The maximum Gasteiger partial charge on any atom is 0.318 e. The van der Waals surface area contributed by atoms with Crippen molar-refractivity contribution in [1.82, 2.24) is 9.47 Å². The number of amides is 1. The predicted octanol–water partition coefficient (Wildman–Crippen LogP) is 7.66. The molecule has 0 bridgehead atoms. The van der Waals surface area contributed by atoms with Crippen molar-refractivity contribution >= 4 is 44.9 Å². The summed E-state index contributed by atoms with van der Waals surface area (Å²) in [6.45, 7) is 7.36. The number of benzene rings is 3. The van der Waals surface area contributed by atoms with Crippen LogP contribution in [0.4, 0.5) is 14.5 Å². The van der Waals surface area contributed by atoms with Crippen LogP contribution in [0.3, 0.4) is 0 Å². The summed E-state index contributed by atoms with van der Waals surface area (Å²) < 4.78 is 36.5. The molecule has 3 aromatic carbocycles. The molecule has 0 radical (unpaired) electrons. The van der Waals surface area contributed by atoms with Gasteiger partial charge in [0.1, 0.15) is 22.4 Å². The number of hydrogen-bond donors (Lipinski definition) is 1. The van der Waals surface area contributed by atoms with Crippen LogP contribution in [0.5, 0.6) is 0 Å². The lowest BCUT2D eigenvalue weighted by Gasteiger charge is -2.18. The van der Waals surface area contributed by atoms with E-state index in [0.717, 1.165) is 16.0 Å². The van der Waals surface area contributed by atoms with Gasteiger partial charge in [0.05, 0.1) is 24.1 Å². The number of halogens is 2. The fourth-order valence-electron chi connectivity index (χ4n) is 5.69. The molecule has 11 heteroatoms. The van der Waals surface area contributed by atoms with Gasteiger partial charge in [-0.05, 0) is 61.9 Å². The fourth-order valence-corrected chi connectivity index (χ4v) is 6.98. The first-order valence-electron chi connectivity index (χ1n) is 16.4. The Labute approximate surface area is 293 Å². The van der Waals surface area contributed by atoms with Gasteiger partial charge in [-0.1, -0.05) is 62.4 Å². The molecule has 1 atom stereocenters. The highest BCUT2D eigenvalue weighted by atomic mass is 32.1. The molecule has 1 amide bonds. The summed E-state index contributed by atoms with van der Waals surface area (Å²) in [6, 6.07) is 20.5. The number of aromatic nitrogens is 1. The van der Waals surface area contributed by atoms with E-state index in [2.05, 4.69) is 10.2 Å². The predicted molar refractivity (Wildman–Crippen MR) is 192 cm³/mol. The van der Waals surface area contributed by atoms with Crippen molar-refractivity contribution in [3.8, 4) is 10.4 Å². The number of nitrogens with one attached hydrogen (secondary N) is 1. The van der Waals surface area contributed by atoms with Gasteiger partial charge < -0.3 is 14.6 Å². The molecule has 0 aliphatic heterocycles. The molecule has 5 rings (SSSR count). The third-order valence-electron chi connectivity index (χ3n) is 8.36. The maximum atomic E-state index is 15.0. The van der Waals surface area contributed by atoms with Gasteiger partial charge in [0.15, 0.2) is 5.78 Å². The van der Waals surface area contributed by atoms with E-state index < -0.39 is 40.8 Å². The van der Waals surface area contributed by atoms with Gasteiger partial charge in [-0.2, -0.15) is 0 Å². The standard InChI is InChI=1S/C39H39F2N3O5S/c1-6-49-39(48)24(4)37(47)42-27-17-15-26(16-18-27)36-29(20-43(5)19-25-11-8-7-9-12-25)33-35(46)30(34(45)23(2)3)22-44(38(33)50-36)21-28-31(40)13-10-14-32(28)41/h7-18,22-24H,6,19-21H2,1-5H3,(H,42,47). The quantitative estimate of drug-likeness (QED) is 0.0770. The second-order valence-electron chi connectivity index (χ2n) is 12.5. The molecule has 0 spiro atoms. The Morgan fingerprint density at radius 1 is 0.900 bits per heavy atom. The first-order valence-corrected chi connectivity index (χ1v) is 17.2. The summed E-state index contributed by atoms with van der Waals surface area (Å²) in [5, 5.41) is 3.05. The van der Waals surface area contributed by atoms with Crippen LogP contribution in [-0.2, 0) is 34.0 Å². The van der Waals surface area contributed by atoms with Crippen molar-refractivity contribution in [3.05, 3.63) is 123 Å². The molecule has 2 aromatic heterocycles. The number of carbonyl (C=O) groups excluding carboxylic acids is 3. The van der Waals surface area contributed by atoms with E-state index in [1.165, 1.54) is 42.7 Å². The number of nitrogens with zero attached hydrogens (tertiary/aromatic N) is 2. The van der Waals surface area contributed by atoms with Crippen LogP contribution >= 0.6 is 11.3 Å². The van der Waals surface area contributed by atoms with Crippen LogP contribution in [0.15, 0.2) is 83.8 Å². The van der Waals surface area contributed by atoms with Crippen LogP contribution in [-0.4, -0.2) is 40.8 Å². The van der Waals surface area contributed by atoms with Crippen molar-refractivity contribution in [2.75, 3.05) is 19.0 Å². The van der Waals surface area contributed by atoms with Gasteiger partial charge in [-0.3, -0.25) is 24.1 Å². The number of ether oxygens (including phenoxy) is 1. The zero-order chi connectivity index (χ0) is 36.1. The highest BCUT2D eigenvalue weighted by Gasteiger charge is 2.27. The molecule has 5 aromatic rings. The van der Waals surface area contributed by atoms with Crippen molar-refractivity contribution in [1.29, 1.82) is 0 Å². The molecule has 1 unspecified atom stereocenters. The number of ketones is 1. The zero-order valence-electron chi connectivity index (χ0n) is 28.6. The topological polar surface area (TPSA) is 97.7 Å². The molecule has 0 aliphatic carbocycles. The van der Waals surface area contributed by atoms with E-state index in [-0.39, 0.29) is 30.1 Å². The van der Waals surface area contributed by atoms with E-state index in [9.17, 15) is 28.0 Å². The molecular weight excluding hydrogens is 661 g/mol. The monoisotopic (exact) mass is 699 g/mol. The molecule has 50 heavy (non-hydrogen) atoms. The van der Waals surface area contributed by atoms with Gasteiger partial charge in [-0.15, -0.1) is 11.3 Å². The van der Waals surface area contributed by atoms with E-state index in [0.29, 0.717) is 34.6 Å². The van der Waals surface area contributed by atoms with Crippen LogP contribution in [0.2, 0.25) is 0 Å². The SMILES string of the molecule is CCOC(=O)C(C)C(=O)Nc1ccc(-c2sc3c(c2CN(C)Cc2ccccc2)c(=O)c(C(=O)C(C)C)cn3Cc2c(F)cccc2F)cc1. The number of carbonyl (C=O) groups is 3. The smallest absolute Gasteiger partial charge is 0.318 e. The number of fused-ring (bicyclic) bond motifs is 1. The number of thiophene rings is 1. The molecule has 0 fully saturated rings. The van der Waals surface area contributed by atoms with Crippen LogP contribution in [0.25, 0.3) is 20.7 Å². The van der Waals surface area contributed by atoms with E-state index in [1.807, 2.05) is 37.4 Å². The third kappa shape index (κ3) is 7.90. The number of Topliss-reactive ketones (excluding diaryl/α,β-unsaturated/α-hetero) is 1. The van der Waals surface area contributed by atoms with Crippen LogP contribution in [0, 0.1) is 23.5 Å². The minimum absolute atomic E-state index is 0.0469. The molecule has 2 heterocycles. The van der Waals surface area contributed by atoms with Crippen molar-refractivity contribution in [2.24, 2.45) is 11.8 Å². The number of hydrogen-bond acceptors (Lipinski definition) is 7. The number of pyridine rings is 1. The second-order valence-corrected chi connectivity index (χ2v) is 13.5. The van der Waals surface area contributed by atoms with E-state index >= 15 is 0 Å². The average molecular weight is 700 g/mol. The lowest BCUT2D eigenvalue weighted by atomic mass is 9.99. The van der Waals surface area contributed by atoms with E-state index in [4.69, 9.17) is 4.74 Å². The molecule has 8 nitrogen and oxygen atoms in total. The largest absolute Gasteiger partial charge is 0.465 e. The lowest BCUT2D eigenvalue weighted by molar-refractivity contribution is -0.150. The summed E-state index contributed by atoms with van der Waals surface area (Å²) in [4.78, 5) is 55.7. The Morgan fingerprint density at radius 3 is 2.18 bits per heavy atom. The van der Waals surface area contributed by atoms with Gasteiger partial charge in [0.2, 0.25) is 11.3 Å². The number of rotatable bonds is 13. The Morgan fingerprint density at radius 2 is 1.56 bits per heavy atom. The van der Waals surface area contributed by atoms with E-state index in [1.54, 1.807) is 49.6 Å². The van der Waals surface area contributed by atoms with Crippen LogP contribution < -0.4 is 10.7 Å². The number of esters is 1. The van der Waals surface area contributed by atoms with Gasteiger partial charge in [0.25, 0.3) is 0 Å². The van der Waals surface area contributed by atoms with Crippen molar-refractivity contribution < 1.29 is 27.9 Å². The Hall–Kier alpha value is -5.00. The Kier molecular flexibility index (Phi) is 11.4. The van der Waals surface area contributed by atoms with Gasteiger partial charge >= 0.3 is 5.97 Å². The zero-order valence-corrected chi connectivity index (χ0v) is 29.4. The highest BCUT2D eigenvalue weighted by molar-refractivity contribution is 7.22. The second kappa shape index (κ2) is 15.7. The fraction of sp³-hybridized carbons (Fsp3) is 0.282. The molecular formula is C39H39F2N3O5S. The summed E-state index contributed by atoms with van der Waals surface area (Å²) in [7, 11) is 1.93. The lowest BCUT2D eigenvalue weighted by Crippen LogP contribution is -2.28. The maximum absolute atomic E-state index is 15.0. The van der Waals surface area contributed by atoms with Crippen LogP contribution in [0.1, 0.15) is 54.7 Å². The first kappa shape index (κ1) is 36.3. The van der Waals surface area contributed by atoms with Gasteiger partial charge in [-0.25, -0.2) is 8.78 Å². The Bertz CT molecular complexity index is 2070. The summed E-state index contributed by atoms with van der Waals surface area (Å²) in [5.41, 5.74) is 2.25. The molecule has 0 saturated heterocycles. The normalized spacial score (nSPS) is 12.0. The van der Waals surface area contributed by atoms with Crippen molar-refractivity contribution in [3.63, 3.8) is 0 Å². The summed E-state index contributed by atoms with van der Waals surface area (Å²) in [5.74, 6) is -4.46. The molecule has 0 saturated carbocycles. The molecule has 0 aliphatic rings. The molecule has 1 N–H and O–H groups in total. The minimum Gasteiger partial charge on any atom is -0.465 e.